The Labute approximate surface area is 156 Å². The van der Waals surface area contributed by atoms with E-state index in [0.717, 1.165) is 27.9 Å². The van der Waals surface area contributed by atoms with Crippen LogP contribution >= 0.6 is 23.2 Å². The Bertz CT molecular complexity index is 946. The monoisotopic (exact) mass is 373 g/mol. The Morgan fingerprint density at radius 3 is 2.40 bits per heavy atom. The Kier molecular flexibility index (Phi) is 4.84. The molecule has 1 amide bonds. The number of aromatic nitrogens is 2. The highest BCUT2D eigenvalue weighted by Gasteiger charge is 2.19. The van der Waals surface area contributed by atoms with E-state index >= 15 is 0 Å². The highest BCUT2D eigenvalue weighted by atomic mass is 35.5. The van der Waals surface area contributed by atoms with Crippen LogP contribution in [-0.2, 0) is 6.54 Å². The number of aryl methyl sites for hydroxylation is 1. The summed E-state index contributed by atoms with van der Waals surface area (Å²) >= 11 is 12.2. The molecule has 2 N–H and O–H groups in total. The molecule has 0 saturated heterocycles. The maximum Gasteiger partial charge on any atom is 0.269 e. The van der Waals surface area contributed by atoms with Crippen molar-refractivity contribution in [1.82, 2.24) is 9.78 Å². The van der Waals surface area contributed by atoms with E-state index in [1.54, 1.807) is 16.8 Å². The van der Waals surface area contributed by atoms with Crippen LogP contribution in [0.5, 0.6) is 0 Å². The summed E-state index contributed by atoms with van der Waals surface area (Å²) in [4.78, 5) is 11.7. The molecule has 0 radical (unpaired) electrons. The summed E-state index contributed by atoms with van der Waals surface area (Å²) < 4.78 is 1.78. The molecule has 0 spiro atoms. The summed E-state index contributed by atoms with van der Waals surface area (Å²) in [6.45, 7) is 4.27. The Hall–Kier alpha value is -2.30. The first-order valence-corrected chi connectivity index (χ1v) is 8.50. The van der Waals surface area contributed by atoms with E-state index in [4.69, 9.17) is 28.9 Å². The molecule has 0 aliphatic carbocycles. The van der Waals surface area contributed by atoms with Crippen LogP contribution in [0.15, 0.2) is 42.5 Å². The van der Waals surface area contributed by atoms with E-state index in [9.17, 15) is 4.79 Å². The summed E-state index contributed by atoms with van der Waals surface area (Å²) in [5, 5.41) is 5.77. The van der Waals surface area contributed by atoms with Crippen LogP contribution in [0.1, 0.15) is 27.2 Å². The lowest BCUT2D eigenvalue weighted by Gasteiger charge is -2.10. The first-order valence-electron chi connectivity index (χ1n) is 7.75. The van der Waals surface area contributed by atoms with Gasteiger partial charge in [-0.05, 0) is 43.2 Å². The number of carbonyl (C=O) groups excluding carboxylic acids is 1. The highest BCUT2D eigenvalue weighted by Crippen LogP contribution is 2.28. The zero-order valence-corrected chi connectivity index (χ0v) is 15.4. The van der Waals surface area contributed by atoms with Gasteiger partial charge in [0.25, 0.3) is 5.91 Å². The zero-order valence-electron chi connectivity index (χ0n) is 13.9. The van der Waals surface area contributed by atoms with E-state index in [1.165, 1.54) is 0 Å². The van der Waals surface area contributed by atoms with Gasteiger partial charge in [0.1, 0.15) is 0 Å². The van der Waals surface area contributed by atoms with Crippen LogP contribution in [0.3, 0.4) is 0 Å². The topological polar surface area (TPSA) is 60.9 Å². The van der Waals surface area contributed by atoms with Crippen molar-refractivity contribution >= 4 is 29.1 Å². The third kappa shape index (κ3) is 3.55. The summed E-state index contributed by atoms with van der Waals surface area (Å²) in [5.74, 6) is -0.548. The molecule has 0 aliphatic heterocycles. The van der Waals surface area contributed by atoms with E-state index < -0.39 is 5.91 Å². The molecule has 1 aromatic heterocycles. The summed E-state index contributed by atoms with van der Waals surface area (Å²) in [7, 11) is 0. The minimum Gasteiger partial charge on any atom is -0.364 e. The van der Waals surface area contributed by atoms with Gasteiger partial charge < -0.3 is 5.73 Å². The molecule has 128 valence electrons. The number of nitrogens with zero attached hydrogens (tertiary/aromatic N) is 2. The van der Waals surface area contributed by atoms with Gasteiger partial charge in [-0.1, -0.05) is 47.5 Å². The largest absolute Gasteiger partial charge is 0.364 e. The van der Waals surface area contributed by atoms with Gasteiger partial charge >= 0.3 is 0 Å². The lowest BCUT2D eigenvalue weighted by Crippen LogP contribution is -2.13. The van der Waals surface area contributed by atoms with Gasteiger partial charge in [-0.3, -0.25) is 9.48 Å². The smallest absolute Gasteiger partial charge is 0.269 e. The second kappa shape index (κ2) is 6.90. The molecule has 3 aromatic rings. The van der Waals surface area contributed by atoms with E-state index in [0.29, 0.717) is 16.6 Å². The molecule has 1 heterocycles. The van der Waals surface area contributed by atoms with Crippen molar-refractivity contribution in [3.8, 4) is 11.3 Å². The fourth-order valence-electron chi connectivity index (χ4n) is 2.78. The molecule has 6 heteroatoms. The number of amides is 1. The van der Waals surface area contributed by atoms with Gasteiger partial charge in [-0.15, -0.1) is 0 Å². The number of rotatable bonds is 4. The molecule has 0 fully saturated rings. The van der Waals surface area contributed by atoms with Crippen molar-refractivity contribution < 1.29 is 4.79 Å². The van der Waals surface area contributed by atoms with Crippen molar-refractivity contribution in [3.05, 3.63) is 74.9 Å². The van der Waals surface area contributed by atoms with Gasteiger partial charge in [0.15, 0.2) is 5.69 Å². The zero-order chi connectivity index (χ0) is 18.1. The number of halogens is 2. The van der Waals surface area contributed by atoms with Crippen molar-refractivity contribution in [1.29, 1.82) is 0 Å². The van der Waals surface area contributed by atoms with E-state index in [2.05, 4.69) is 5.10 Å². The fourth-order valence-corrected chi connectivity index (χ4v) is 3.11. The van der Waals surface area contributed by atoms with Crippen LogP contribution in [0, 0.1) is 13.8 Å². The average Bonchev–Trinajstić information content (AvgIpc) is 2.88. The summed E-state index contributed by atoms with van der Waals surface area (Å²) in [6.07, 6.45) is 0. The molecule has 4 nitrogen and oxygen atoms in total. The molecule has 3 rings (SSSR count). The fraction of sp³-hybridized carbons (Fsp3) is 0.158. The number of primary amides is 1. The van der Waals surface area contributed by atoms with Crippen LogP contribution < -0.4 is 5.73 Å². The van der Waals surface area contributed by atoms with E-state index in [-0.39, 0.29) is 5.69 Å². The lowest BCUT2D eigenvalue weighted by molar-refractivity contribution is 0.0994. The van der Waals surface area contributed by atoms with Gasteiger partial charge in [-0.25, -0.2) is 0 Å². The normalized spacial score (nSPS) is 10.9. The highest BCUT2D eigenvalue weighted by molar-refractivity contribution is 6.31. The first kappa shape index (κ1) is 17.5. The molecule has 0 bridgehead atoms. The summed E-state index contributed by atoms with van der Waals surface area (Å²) in [6, 6.07) is 13.3. The molecule has 25 heavy (non-hydrogen) atoms. The molecule has 0 aliphatic rings. The lowest BCUT2D eigenvalue weighted by atomic mass is 10.1. The van der Waals surface area contributed by atoms with Crippen LogP contribution in [0.25, 0.3) is 11.3 Å². The maximum atomic E-state index is 11.7. The first-order chi connectivity index (χ1) is 11.9. The number of hydrogen-bond acceptors (Lipinski definition) is 2. The third-order valence-electron chi connectivity index (χ3n) is 4.11. The van der Waals surface area contributed by atoms with Crippen LogP contribution in [-0.4, -0.2) is 15.7 Å². The Morgan fingerprint density at radius 1 is 1.12 bits per heavy atom. The second-order valence-electron chi connectivity index (χ2n) is 5.93. The minimum atomic E-state index is -0.548. The SMILES string of the molecule is Cc1ccc(Cn2nc(C(N)=O)c(C)c2-c2ccc(Cl)cc2)cc1Cl. The van der Waals surface area contributed by atoms with Crippen molar-refractivity contribution in [3.63, 3.8) is 0 Å². The predicted octanol–water partition coefficient (Wildman–Crippen LogP) is 4.62. The molecular formula is C19H17Cl2N3O. The Morgan fingerprint density at radius 2 is 1.80 bits per heavy atom. The quantitative estimate of drug-likeness (QED) is 0.724. The number of hydrogen-bond donors (Lipinski definition) is 1. The molecule has 0 atom stereocenters. The van der Waals surface area contributed by atoms with E-state index in [1.807, 2.05) is 44.2 Å². The summed E-state index contributed by atoms with van der Waals surface area (Å²) in [5.41, 5.74) is 10.2. The third-order valence-corrected chi connectivity index (χ3v) is 4.77. The average molecular weight is 374 g/mol. The molecular weight excluding hydrogens is 357 g/mol. The second-order valence-corrected chi connectivity index (χ2v) is 6.78. The van der Waals surface area contributed by atoms with Crippen LogP contribution in [0.4, 0.5) is 0 Å². The Balaban J connectivity index is 2.11. The van der Waals surface area contributed by atoms with Gasteiger partial charge in [-0.2, -0.15) is 5.10 Å². The molecule has 0 saturated carbocycles. The minimum absolute atomic E-state index is 0.267. The van der Waals surface area contributed by atoms with Gasteiger partial charge in [0.05, 0.1) is 12.2 Å². The molecule has 0 unspecified atom stereocenters. The standard InChI is InChI=1S/C19H17Cl2N3O/c1-11-3-4-13(9-16(11)21)10-24-18(12(2)17(23-24)19(22)25)14-5-7-15(20)8-6-14/h3-9H,10H2,1-2H3,(H2,22,25). The predicted molar refractivity (Wildman–Crippen MR) is 101 cm³/mol. The van der Waals surface area contributed by atoms with Crippen molar-refractivity contribution in [2.24, 2.45) is 5.73 Å². The van der Waals surface area contributed by atoms with Crippen molar-refractivity contribution in [2.45, 2.75) is 20.4 Å². The molecule has 2 aromatic carbocycles. The van der Waals surface area contributed by atoms with Crippen molar-refractivity contribution in [2.75, 3.05) is 0 Å². The maximum absolute atomic E-state index is 11.7. The van der Waals surface area contributed by atoms with Crippen LogP contribution in [0.2, 0.25) is 10.0 Å². The van der Waals surface area contributed by atoms with Gasteiger partial charge in [0.2, 0.25) is 0 Å². The number of benzene rings is 2. The number of carbonyl (C=O) groups is 1. The number of nitrogens with two attached hydrogens (primary N) is 1. The van der Waals surface area contributed by atoms with Gasteiger partial charge in [0, 0.05) is 21.2 Å².